The van der Waals surface area contributed by atoms with Crippen molar-refractivity contribution in [2.45, 2.75) is 11.8 Å². The van der Waals surface area contributed by atoms with Gasteiger partial charge in [0.05, 0.1) is 4.90 Å². The zero-order chi connectivity index (χ0) is 24.4. The first-order valence-electron chi connectivity index (χ1n) is 12.1. The summed E-state index contributed by atoms with van der Waals surface area (Å²) < 4.78 is 28.1. The largest absolute Gasteiger partial charge is 0.354 e. The highest BCUT2D eigenvalue weighted by Gasteiger charge is 2.30. The SMILES string of the molecule is Cc1cc(N2CCN(C)CC2)nc(N2CCN(S(=O)(=O)c3ccc(-c4ccccc4)cc3)CC2)n1. The molecule has 35 heavy (non-hydrogen) atoms. The van der Waals surface area contributed by atoms with Crippen molar-refractivity contribution in [2.24, 2.45) is 0 Å². The van der Waals surface area contributed by atoms with Gasteiger partial charge in [0.15, 0.2) is 0 Å². The Morgan fingerprint density at radius 3 is 1.97 bits per heavy atom. The maximum absolute atomic E-state index is 13.3. The quantitative estimate of drug-likeness (QED) is 0.542. The van der Waals surface area contributed by atoms with Gasteiger partial charge in [-0.2, -0.15) is 9.29 Å². The molecule has 2 saturated heterocycles. The number of nitrogens with zero attached hydrogens (tertiary/aromatic N) is 6. The number of rotatable bonds is 5. The van der Waals surface area contributed by atoms with Gasteiger partial charge in [-0.05, 0) is 37.2 Å². The van der Waals surface area contributed by atoms with E-state index in [1.807, 2.05) is 55.5 Å². The van der Waals surface area contributed by atoms with E-state index in [1.54, 1.807) is 16.4 Å². The Morgan fingerprint density at radius 1 is 0.714 bits per heavy atom. The lowest BCUT2D eigenvalue weighted by molar-refractivity contribution is 0.312. The second-order valence-electron chi connectivity index (χ2n) is 9.24. The summed E-state index contributed by atoms with van der Waals surface area (Å²) in [6.07, 6.45) is 0. The van der Waals surface area contributed by atoms with Gasteiger partial charge in [0, 0.05) is 64.1 Å². The molecule has 0 bridgehead atoms. The number of piperazine rings is 2. The Morgan fingerprint density at radius 2 is 1.31 bits per heavy atom. The number of sulfonamides is 1. The number of hydrogen-bond donors (Lipinski definition) is 0. The van der Waals surface area contributed by atoms with E-state index in [1.165, 1.54) is 0 Å². The number of likely N-dealkylation sites (N-methyl/N-ethyl adjacent to an activating group) is 1. The molecule has 2 aliphatic heterocycles. The number of aromatic nitrogens is 2. The van der Waals surface area contributed by atoms with E-state index in [0.717, 1.165) is 48.8 Å². The first kappa shape index (κ1) is 23.7. The third-order valence-electron chi connectivity index (χ3n) is 6.78. The fourth-order valence-electron chi connectivity index (χ4n) is 4.60. The summed E-state index contributed by atoms with van der Waals surface area (Å²) in [7, 11) is -1.41. The van der Waals surface area contributed by atoms with Crippen molar-refractivity contribution in [3.8, 4) is 11.1 Å². The minimum atomic E-state index is -3.55. The summed E-state index contributed by atoms with van der Waals surface area (Å²) >= 11 is 0. The molecule has 1 aromatic heterocycles. The van der Waals surface area contributed by atoms with Crippen LogP contribution in [0, 0.1) is 6.92 Å². The molecule has 0 amide bonds. The lowest BCUT2D eigenvalue weighted by atomic mass is 10.1. The van der Waals surface area contributed by atoms with Crippen LogP contribution in [0.25, 0.3) is 11.1 Å². The maximum atomic E-state index is 13.3. The summed E-state index contributed by atoms with van der Waals surface area (Å²) in [6.45, 7) is 7.85. The van der Waals surface area contributed by atoms with E-state index >= 15 is 0 Å². The molecule has 2 aromatic carbocycles. The Bertz CT molecular complexity index is 1250. The van der Waals surface area contributed by atoms with E-state index in [-0.39, 0.29) is 0 Å². The first-order chi connectivity index (χ1) is 16.9. The van der Waals surface area contributed by atoms with E-state index in [2.05, 4.69) is 26.7 Å². The molecule has 0 N–H and O–H groups in total. The molecule has 9 heteroatoms. The predicted molar refractivity (Wildman–Crippen MR) is 139 cm³/mol. The lowest BCUT2D eigenvalue weighted by Gasteiger charge is -2.36. The molecule has 5 rings (SSSR count). The smallest absolute Gasteiger partial charge is 0.243 e. The summed E-state index contributed by atoms with van der Waals surface area (Å²) in [6, 6.07) is 19.2. The van der Waals surface area contributed by atoms with E-state index in [0.29, 0.717) is 37.0 Å². The predicted octanol–water partition coefficient (Wildman–Crippen LogP) is 2.71. The third-order valence-corrected chi connectivity index (χ3v) is 8.69. The highest BCUT2D eigenvalue weighted by Crippen LogP contribution is 2.25. The molecule has 2 fully saturated rings. The molecule has 2 aliphatic rings. The highest BCUT2D eigenvalue weighted by molar-refractivity contribution is 7.89. The van der Waals surface area contributed by atoms with Crippen molar-refractivity contribution in [3.63, 3.8) is 0 Å². The van der Waals surface area contributed by atoms with Gasteiger partial charge < -0.3 is 14.7 Å². The Kier molecular flexibility index (Phi) is 6.73. The van der Waals surface area contributed by atoms with Gasteiger partial charge in [0.25, 0.3) is 0 Å². The van der Waals surface area contributed by atoms with Crippen LogP contribution in [0.2, 0.25) is 0 Å². The van der Waals surface area contributed by atoms with Gasteiger partial charge >= 0.3 is 0 Å². The van der Waals surface area contributed by atoms with Crippen LogP contribution >= 0.6 is 0 Å². The number of hydrogen-bond acceptors (Lipinski definition) is 7. The molecule has 0 unspecified atom stereocenters. The van der Waals surface area contributed by atoms with Gasteiger partial charge in [-0.1, -0.05) is 42.5 Å². The summed E-state index contributed by atoms with van der Waals surface area (Å²) in [5.41, 5.74) is 3.00. The average Bonchev–Trinajstić information content (AvgIpc) is 2.89. The minimum Gasteiger partial charge on any atom is -0.354 e. The minimum absolute atomic E-state index is 0.329. The van der Waals surface area contributed by atoms with Gasteiger partial charge in [0.1, 0.15) is 5.82 Å². The van der Waals surface area contributed by atoms with Crippen LogP contribution in [-0.2, 0) is 10.0 Å². The Hall–Kier alpha value is -3.01. The fraction of sp³-hybridized carbons (Fsp3) is 0.385. The van der Waals surface area contributed by atoms with Crippen LogP contribution in [0.3, 0.4) is 0 Å². The van der Waals surface area contributed by atoms with Crippen molar-refractivity contribution in [3.05, 3.63) is 66.4 Å². The maximum Gasteiger partial charge on any atom is 0.243 e. The third kappa shape index (κ3) is 5.17. The van der Waals surface area contributed by atoms with Crippen LogP contribution in [0.5, 0.6) is 0 Å². The molecule has 184 valence electrons. The number of aryl methyl sites for hydroxylation is 1. The molecule has 0 saturated carbocycles. The average molecular weight is 493 g/mol. The van der Waals surface area contributed by atoms with E-state index in [9.17, 15) is 8.42 Å². The van der Waals surface area contributed by atoms with Crippen LogP contribution in [0.15, 0.2) is 65.6 Å². The monoisotopic (exact) mass is 492 g/mol. The molecular formula is C26H32N6O2S. The van der Waals surface area contributed by atoms with Crippen molar-refractivity contribution < 1.29 is 8.42 Å². The van der Waals surface area contributed by atoms with Crippen molar-refractivity contribution in [1.29, 1.82) is 0 Å². The molecule has 0 aliphatic carbocycles. The first-order valence-corrected chi connectivity index (χ1v) is 13.5. The number of anilines is 2. The van der Waals surface area contributed by atoms with Crippen molar-refractivity contribution in [2.75, 3.05) is 69.2 Å². The molecule has 8 nitrogen and oxygen atoms in total. The van der Waals surface area contributed by atoms with Crippen LogP contribution in [-0.4, -0.2) is 87.0 Å². The Labute approximate surface area is 207 Å². The van der Waals surface area contributed by atoms with Crippen LogP contribution in [0.1, 0.15) is 5.69 Å². The summed E-state index contributed by atoms with van der Waals surface area (Å²) in [4.78, 5) is 16.6. The highest BCUT2D eigenvalue weighted by atomic mass is 32.2. The van der Waals surface area contributed by atoms with Crippen LogP contribution in [0.4, 0.5) is 11.8 Å². The van der Waals surface area contributed by atoms with Gasteiger partial charge in [-0.15, -0.1) is 0 Å². The standard InChI is InChI=1S/C26H32N6O2S/c1-21-20-25(30-14-12-29(2)13-15-30)28-26(27-21)31-16-18-32(19-17-31)35(33,34)24-10-8-23(9-11-24)22-6-4-3-5-7-22/h3-11,20H,12-19H2,1-2H3. The van der Waals surface area contributed by atoms with E-state index < -0.39 is 10.0 Å². The normalized spacial score (nSPS) is 18.1. The van der Waals surface area contributed by atoms with Crippen molar-refractivity contribution in [1.82, 2.24) is 19.2 Å². The molecule has 0 spiro atoms. The van der Waals surface area contributed by atoms with Gasteiger partial charge in [0.2, 0.25) is 16.0 Å². The Balaban J connectivity index is 1.26. The molecule has 3 aromatic rings. The fourth-order valence-corrected chi connectivity index (χ4v) is 6.03. The zero-order valence-electron chi connectivity index (χ0n) is 20.3. The number of benzene rings is 2. The second kappa shape index (κ2) is 9.93. The lowest BCUT2D eigenvalue weighted by Crippen LogP contribution is -2.49. The molecule has 0 radical (unpaired) electrons. The van der Waals surface area contributed by atoms with Crippen molar-refractivity contribution >= 4 is 21.8 Å². The molecule has 0 atom stereocenters. The topological polar surface area (TPSA) is 72.9 Å². The summed E-state index contributed by atoms with van der Waals surface area (Å²) in [5.74, 6) is 1.64. The van der Waals surface area contributed by atoms with Gasteiger partial charge in [-0.3, -0.25) is 0 Å². The van der Waals surface area contributed by atoms with E-state index in [4.69, 9.17) is 4.98 Å². The van der Waals surface area contributed by atoms with Crippen LogP contribution < -0.4 is 9.80 Å². The second-order valence-corrected chi connectivity index (χ2v) is 11.2. The molecule has 3 heterocycles. The summed E-state index contributed by atoms with van der Waals surface area (Å²) in [5, 5.41) is 0. The molecular weight excluding hydrogens is 460 g/mol. The van der Waals surface area contributed by atoms with Gasteiger partial charge in [-0.25, -0.2) is 13.4 Å². The zero-order valence-corrected chi connectivity index (χ0v) is 21.2.